The van der Waals surface area contributed by atoms with Gasteiger partial charge in [0.2, 0.25) is 0 Å². The number of methoxy groups -OCH3 is 1. The number of aromatic nitrogens is 3. The number of hydrogen-bond acceptors (Lipinski definition) is 4. The lowest BCUT2D eigenvalue weighted by Crippen LogP contribution is -2.33. The van der Waals surface area contributed by atoms with Crippen LogP contribution in [0.3, 0.4) is 0 Å². The number of ether oxygens (including phenoxy) is 1. The smallest absolute Gasteiger partial charge is 0.275 e. The number of rotatable bonds is 5. The molecule has 1 rings (SSSR count). The Labute approximate surface area is 96.1 Å². The molecule has 0 saturated carbocycles. The Kier molecular flexibility index (Phi) is 4.70. The molecule has 1 aromatic rings. The highest BCUT2D eigenvalue weighted by Crippen LogP contribution is 2.04. The van der Waals surface area contributed by atoms with Gasteiger partial charge in [0.05, 0.1) is 17.6 Å². The molecule has 6 nitrogen and oxygen atoms in total. The van der Waals surface area contributed by atoms with Gasteiger partial charge in [-0.05, 0) is 0 Å². The second-order valence-corrected chi connectivity index (χ2v) is 4.39. The number of H-pyrrole nitrogens is 1. The van der Waals surface area contributed by atoms with Gasteiger partial charge in [-0.15, -0.1) is 0 Å². The molecule has 15 heavy (non-hydrogen) atoms. The first-order valence-corrected chi connectivity index (χ1v) is 5.31. The molecule has 1 heterocycles. The third-order valence-electron chi connectivity index (χ3n) is 1.80. The monoisotopic (exact) mass is 276 g/mol. The van der Waals surface area contributed by atoms with E-state index in [2.05, 4.69) is 31.3 Å². The summed E-state index contributed by atoms with van der Waals surface area (Å²) in [7, 11) is 3.33. The zero-order valence-corrected chi connectivity index (χ0v) is 10.2. The van der Waals surface area contributed by atoms with Crippen molar-refractivity contribution in [1.29, 1.82) is 0 Å². The predicted octanol–water partition coefficient (Wildman–Crippen LogP) is 0.287. The van der Waals surface area contributed by atoms with Gasteiger partial charge in [-0.2, -0.15) is 15.4 Å². The van der Waals surface area contributed by atoms with Crippen molar-refractivity contribution >= 4 is 21.8 Å². The quantitative estimate of drug-likeness (QED) is 0.785. The van der Waals surface area contributed by atoms with Crippen LogP contribution in [-0.2, 0) is 4.74 Å². The molecule has 0 aliphatic heterocycles. The number of aromatic amines is 1. The van der Waals surface area contributed by atoms with Crippen molar-refractivity contribution in [2.24, 2.45) is 0 Å². The highest BCUT2D eigenvalue weighted by molar-refractivity contribution is 9.09. The lowest BCUT2D eigenvalue weighted by atomic mass is 10.3. The number of carbonyl (C=O) groups is 1. The molecule has 1 N–H and O–H groups in total. The number of nitrogens with one attached hydrogen (secondary N) is 1. The van der Waals surface area contributed by atoms with Crippen molar-refractivity contribution in [3.63, 3.8) is 0 Å². The Morgan fingerprint density at radius 3 is 3.07 bits per heavy atom. The van der Waals surface area contributed by atoms with Crippen LogP contribution in [0, 0.1) is 0 Å². The zero-order chi connectivity index (χ0) is 11.3. The fourth-order valence-corrected chi connectivity index (χ4v) is 1.81. The lowest BCUT2D eigenvalue weighted by Gasteiger charge is -2.18. The summed E-state index contributed by atoms with van der Waals surface area (Å²) in [5.74, 6) is -0.163. The molecule has 84 valence electrons. The predicted molar refractivity (Wildman–Crippen MR) is 57.9 cm³/mol. The summed E-state index contributed by atoms with van der Waals surface area (Å²) >= 11 is 3.41. The van der Waals surface area contributed by atoms with Crippen LogP contribution in [0.25, 0.3) is 0 Å². The summed E-state index contributed by atoms with van der Waals surface area (Å²) in [6.45, 7) is 1.11. The van der Waals surface area contributed by atoms with Crippen molar-refractivity contribution in [3.05, 3.63) is 11.9 Å². The van der Waals surface area contributed by atoms with Gasteiger partial charge in [0.15, 0.2) is 5.69 Å². The normalized spacial score (nSPS) is 12.5. The highest BCUT2D eigenvalue weighted by Gasteiger charge is 2.17. The topological polar surface area (TPSA) is 71.1 Å². The third kappa shape index (κ3) is 3.60. The molecule has 1 atom stereocenters. The van der Waals surface area contributed by atoms with Gasteiger partial charge < -0.3 is 9.64 Å². The number of halogens is 1. The minimum atomic E-state index is -0.163. The SMILES string of the molecule is COCC(Br)CN(C)C(=O)c1cn[nH]n1. The summed E-state index contributed by atoms with van der Waals surface area (Å²) in [5.41, 5.74) is 0.314. The van der Waals surface area contributed by atoms with Gasteiger partial charge in [-0.25, -0.2) is 0 Å². The van der Waals surface area contributed by atoms with E-state index in [1.54, 1.807) is 19.1 Å². The maximum absolute atomic E-state index is 11.7. The molecule has 0 aliphatic carbocycles. The van der Waals surface area contributed by atoms with E-state index >= 15 is 0 Å². The highest BCUT2D eigenvalue weighted by atomic mass is 79.9. The van der Waals surface area contributed by atoms with Crippen molar-refractivity contribution in [1.82, 2.24) is 20.3 Å². The Balaban J connectivity index is 2.47. The number of amides is 1. The van der Waals surface area contributed by atoms with Crippen LogP contribution in [0.15, 0.2) is 6.20 Å². The number of carbonyl (C=O) groups excluding carboxylic acids is 1. The molecule has 1 amide bonds. The molecule has 0 fully saturated rings. The molecule has 0 aliphatic rings. The maximum Gasteiger partial charge on any atom is 0.275 e. The average molecular weight is 277 g/mol. The summed E-state index contributed by atoms with van der Waals surface area (Å²) in [4.78, 5) is 13.4. The average Bonchev–Trinajstić information content (AvgIpc) is 2.69. The summed E-state index contributed by atoms with van der Waals surface area (Å²) in [6.07, 6.45) is 1.40. The number of hydrogen-bond donors (Lipinski definition) is 1. The minimum Gasteiger partial charge on any atom is -0.383 e. The van der Waals surface area contributed by atoms with Crippen molar-refractivity contribution in [2.45, 2.75) is 4.83 Å². The van der Waals surface area contributed by atoms with E-state index < -0.39 is 0 Å². The molecule has 0 radical (unpaired) electrons. The van der Waals surface area contributed by atoms with Crippen LogP contribution in [0.5, 0.6) is 0 Å². The first kappa shape index (κ1) is 12.1. The molecular formula is C8H13BrN4O2. The second kappa shape index (κ2) is 5.82. The minimum absolute atomic E-state index is 0.114. The van der Waals surface area contributed by atoms with Crippen LogP contribution in [0.4, 0.5) is 0 Å². The standard InChI is InChI=1S/C8H13BrN4O2/c1-13(4-6(9)5-15-2)8(14)7-3-10-12-11-7/h3,6H,4-5H2,1-2H3,(H,10,11,12). The Morgan fingerprint density at radius 1 is 1.80 bits per heavy atom. The van der Waals surface area contributed by atoms with Crippen LogP contribution >= 0.6 is 15.9 Å². The van der Waals surface area contributed by atoms with E-state index in [9.17, 15) is 4.79 Å². The molecule has 0 bridgehead atoms. The molecular weight excluding hydrogens is 264 g/mol. The largest absolute Gasteiger partial charge is 0.383 e. The maximum atomic E-state index is 11.7. The van der Waals surface area contributed by atoms with E-state index in [1.165, 1.54) is 6.20 Å². The van der Waals surface area contributed by atoms with E-state index in [1.807, 2.05) is 0 Å². The van der Waals surface area contributed by atoms with Crippen LogP contribution in [-0.4, -0.2) is 58.4 Å². The van der Waals surface area contributed by atoms with Gasteiger partial charge in [-0.3, -0.25) is 4.79 Å². The van der Waals surface area contributed by atoms with Gasteiger partial charge in [-0.1, -0.05) is 15.9 Å². The zero-order valence-electron chi connectivity index (χ0n) is 8.61. The fourth-order valence-electron chi connectivity index (χ4n) is 1.11. The molecule has 7 heteroatoms. The first-order valence-electron chi connectivity index (χ1n) is 4.39. The van der Waals surface area contributed by atoms with Crippen LogP contribution in [0.2, 0.25) is 0 Å². The number of alkyl halides is 1. The van der Waals surface area contributed by atoms with Crippen molar-refractivity contribution in [2.75, 3.05) is 27.3 Å². The van der Waals surface area contributed by atoms with Crippen molar-refractivity contribution in [3.8, 4) is 0 Å². The Bertz CT molecular complexity index is 304. The van der Waals surface area contributed by atoms with E-state index in [0.717, 1.165) is 0 Å². The fraction of sp³-hybridized carbons (Fsp3) is 0.625. The summed E-state index contributed by atoms with van der Waals surface area (Å²) in [6, 6.07) is 0. The third-order valence-corrected chi connectivity index (χ3v) is 2.35. The Morgan fingerprint density at radius 2 is 2.53 bits per heavy atom. The van der Waals surface area contributed by atoms with Crippen LogP contribution < -0.4 is 0 Å². The van der Waals surface area contributed by atoms with E-state index in [-0.39, 0.29) is 10.7 Å². The number of nitrogens with zero attached hydrogens (tertiary/aromatic N) is 3. The second-order valence-electron chi connectivity index (χ2n) is 3.09. The first-order chi connectivity index (χ1) is 7.15. The van der Waals surface area contributed by atoms with Crippen molar-refractivity contribution < 1.29 is 9.53 Å². The molecule has 0 aromatic carbocycles. The molecule has 0 saturated heterocycles. The van der Waals surface area contributed by atoms with Crippen LogP contribution in [0.1, 0.15) is 10.5 Å². The van der Waals surface area contributed by atoms with Gasteiger partial charge in [0.25, 0.3) is 5.91 Å². The van der Waals surface area contributed by atoms with Gasteiger partial charge in [0, 0.05) is 20.7 Å². The molecule has 1 aromatic heterocycles. The van der Waals surface area contributed by atoms with E-state index in [0.29, 0.717) is 18.8 Å². The summed E-state index contributed by atoms with van der Waals surface area (Å²) in [5, 5.41) is 9.70. The molecule has 1 unspecified atom stereocenters. The molecule has 0 spiro atoms. The lowest BCUT2D eigenvalue weighted by molar-refractivity contribution is 0.0778. The van der Waals surface area contributed by atoms with Gasteiger partial charge >= 0.3 is 0 Å². The van der Waals surface area contributed by atoms with Gasteiger partial charge in [0.1, 0.15) is 0 Å². The summed E-state index contributed by atoms with van der Waals surface area (Å²) < 4.78 is 4.96. The van der Waals surface area contributed by atoms with E-state index in [4.69, 9.17) is 4.74 Å². The Hall–Kier alpha value is -0.950.